The summed E-state index contributed by atoms with van der Waals surface area (Å²) in [6, 6.07) is 0. The minimum Gasteiger partial charge on any atom is -0.378 e. The zero-order valence-corrected chi connectivity index (χ0v) is 10.1. The Morgan fingerprint density at radius 2 is 1.94 bits per heavy atom. The average molecular weight is 279 g/mol. The lowest BCUT2D eigenvalue weighted by atomic mass is 10.3. The lowest BCUT2D eigenvalue weighted by molar-refractivity contribution is -0.384. The largest absolute Gasteiger partial charge is 0.378 e. The van der Waals surface area contributed by atoms with Gasteiger partial charge in [0.25, 0.3) is 0 Å². The van der Waals surface area contributed by atoms with Crippen molar-refractivity contribution in [1.29, 1.82) is 0 Å². The third kappa shape index (κ3) is 2.56. The molecule has 7 nitrogen and oxygen atoms in total. The van der Waals surface area contributed by atoms with Gasteiger partial charge in [-0.2, -0.15) is 9.97 Å². The molecular formula is C8H8Cl2N4O3. The monoisotopic (exact) mass is 278 g/mol. The lowest BCUT2D eigenvalue weighted by Crippen LogP contribution is -2.37. The predicted molar refractivity (Wildman–Crippen MR) is 61.7 cm³/mol. The van der Waals surface area contributed by atoms with Gasteiger partial charge in [-0.25, -0.2) is 0 Å². The number of ether oxygens (including phenoxy) is 1. The molecule has 0 bridgehead atoms. The van der Waals surface area contributed by atoms with Gasteiger partial charge in [0.15, 0.2) is 0 Å². The van der Waals surface area contributed by atoms with E-state index in [0.29, 0.717) is 26.3 Å². The Bertz CT molecular complexity index is 451. The maximum atomic E-state index is 10.9. The van der Waals surface area contributed by atoms with E-state index in [9.17, 15) is 10.1 Å². The van der Waals surface area contributed by atoms with Crippen LogP contribution in [0.2, 0.25) is 10.4 Å². The zero-order valence-electron chi connectivity index (χ0n) is 8.60. The molecule has 0 atom stereocenters. The van der Waals surface area contributed by atoms with Gasteiger partial charge in [-0.05, 0) is 11.6 Å². The van der Waals surface area contributed by atoms with Crippen molar-refractivity contribution in [2.24, 2.45) is 0 Å². The standard InChI is InChI=1S/C8H8Cl2N4O3/c9-6-5(14(15)16)7(12-8(10)11-6)13-1-3-17-4-2-13/h1-4H2. The number of aromatic nitrogens is 2. The Kier molecular flexibility index (Phi) is 3.60. The lowest BCUT2D eigenvalue weighted by Gasteiger charge is -2.27. The number of anilines is 1. The summed E-state index contributed by atoms with van der Waals surface area (Å²) in [5.41, 5.74) is -0.321. The summed E-state index contributed by atoms with van der Waals surface area (Å²) >= 11 is 11.4. The van der Waals surface area contributed by atoms with E-state index in [1.807, 2.05) is 0 Å². The molecular weight excluding hydrogens is 271 g/mol. The topological polar surface area (TPSA) is 81.4 Å². The molecule has 0 saturated carbocycles. The first kappa shape index (κ1) is 12.3. The van der Waals surface area contributed by atoms with Crippen LogP contribution in [-0.4, -0.2) is 41.2 Å². The molecule has 1 aromatic heterocycles. The predicted octanol–water partition coefficient (Wildman–Crippen LogP) is 1.53. The van der Waals surface area contributed by atoms with Crippen molar-refractivity contribution >= 4 is 34.7 Å². The highest BCUT2D eigenvalue weighted by Crippen LogP contribution is 2.33. The van der Waals surface area contributed by atoms with Crippen LogP contribution in [0, 0.1) is 10.1 Å². The summed E-state index contributed by atoms with van der Waals surface area (Å²) in [6.07, 6.45) is 0. The highest BCUT2D eigenvalue weighted by atomic mass is 35.5. The van der Waals surface area contributed by atoms with Gasteiger partial charge in [0.1, 0.15) is 0 Å². The van der Waals surface area contributed by atoms with Crippen LogP contribution in [0.3, 0.4) is 0 Å². The second-order valence-electron chi connectivity index (χ2n) is 3.31. The fraction of sp³-hybridized carbons (Fsp3) is 0.500. The number of rotatable bonds is 2. The number of halogens is 2. The van der Waals surface area contributed by atoms with E-state index in [2.05, 4.69) is 9.97 Å². The molecule has 17 heavy (non-hydrogen) atoms. The van der Waals surface area contributed by atoms with Gasteiger partial charge < -0.3 is 9.64 Å². The number of nitro groups is 1. The first-order valence-corrected chi connectivity index (χ1v) is 5.55. The van der Waals surface area contributed by atoms with E-state index in [1.165, 1.54) is 0 Å². The fourth-order valence-corrected chi connectivity index (χ4v) is 1.99. The van der Waals surface area contributed by atoms with Crippen LogP contribution in [0.5, 0.6) is 0 Å². The first-order chi connectivity index (χ1) is 8.09. The smallest absolute Gasteiger partial charge is 0.348 e. The minimum absolute atomic E-state index is 0.109. The molecule has 0 amide bonds. The van der Waals surface area contributed by atoms with Crippen LogP contribution in [-0.2, 0) is 4.74 Å². The highest BCUT2D eigenvalue weighted by molar-refractivity contribution is 6.33. The molecule has 0 aliphatic carbocycles. The van der Waals surface area contributed by atoms with Crippen molar-refractivity contribution in [3.63, 3.8) is 0 Å². The summed E-state index contributed by atoms with van der Waals surface area (Å²) < 4.78 is 5.16. The average Bonchev–Trinajstić information content (AvgIpc) is 2.28. The van der Waals surface area contributed by atoms with Crippen molar-refractivity contribution in [3.05, 3.63) is 20.6 Å². The summed E-state index contributed by atoms with van der Waals surface area (Å²) in [7, 11) is 0. The molecule has 2 rings (SSSR count). The summed E-state index contributed by atoms with van der Waals surface area (Å²) in [5, 5.41) is 10.6. The Hall–Kier alpha value is -1.18. The Labute approximate surface area is 106 Å². The third-order valence-electron chi connectivity index (χ3n) is 2.29. The maximum Gasteiger partial charge on any atom is 0.348 e. The number of morpholine rings is 1. The van der Waals surface area contributed by atoms with Gasteiger partial charge in [-0.3, -0.25) is 10.1 Å². The van der Waals surface area contributed by atoms with E-state index >= 15 is 0 Å². The molecule has 1 saturated heterocycles. The van der Waals surface area contributed by atoms with Crippen molar-refractivity contribution in [2.75, 3.05) is 31.2 Å². The molecule has 1 fully saturated rings. The molecule has 1 aromatic rings. The van der Waals surface area contributed by atoms with Crippen LogP contribution in [0.15, 0.2) is 0 Å². The molecule has 92 valence electrons. The van der Waals surface area contributed by atoms with Crippen LogP contribution in [0.25, 0.3) is 0 Å². The third-order valence-corrected chi connectivity index (χ3v) is 2.72. The fourth-order valence-electron chi connectivity index (χ4n) is 1.54. The van der Waals surface area contributed by atoms with E-state index in [0.717, 1.165) is 0 Å². The van der Waals surface area contributed by atoms with Crippen molar-refractivity contribution in [2.45, 2.75) is 0 Å². The molecule has 0 spiro atoms. The van der Waals surface area contributed by atoms with Crippen LogP contribution in [0.1, 0.15) is 0 Å². The van der Waals surface area contributed by atoms with Crippen molar-refractivity contribution < 1.29 is 9.66 Å². The summed E-state index contributed by atoms with van der Waals surface area (Å²) in [4.78, 5) is 19.5. The molecule has 0 N–H and O–H groups in total. The molecule has 0 unspecified atom stereocenters. The second kappa shape index (κ2) is 4.99. The number of hydrogen-bond acceptors (Lipinski definition) is 6. The maximum absolute atomic E-state index is 10.9. The quantitative estimate of drug-likeness (QED) is 0.353. The van der Waals surface area contributed by atoms with E-state index < -0.39 is 4.92 Å². The van der Waals surface area contributed by atoms with Gasteiger partial charge in [-0.15, -0.1) is 0 Å². The number of nitrogens with zero attached hydrogens (tertiary/aromatic N) is 4. The van der Waals surface area contributed by atoms with Gasteiger partial charge in [0, 0.05) is 13.1 Å². The van der Waals surface area contributed by atoms with Gasteiger partial charge >= 0.3 is 5.69 Å². The summed E-state index contributed by atoms with van der Waals surface area (Å²) in [5.74, 6) is 0.142. The van der Waals surface area contributed by atoms with Crippen molar-refractivity contribution in [1.82, 2.24) is 9.97 Å². The Morgan fingerprint density at radius 1 is 1.29 bits per heavy atom. The zero-order chi connectivity index (χ0) is 12.4. The number of hydrogen-bond donors (Lipinski definition) is 0. The SMILES string of the molecule is O=[N+]([O-])c1c(Cl)nc(Cl)nc1N1CCOCC1. The summed E-state index contributed by atoms with van der Waals surface area (Å²) in [6.45, 7) is 1.97. The molecule has 1 aliphatic heterocycles. The van der Waals surface area contributed by atoms with E-state index in [4.69, 9.17) is 27.9 Å². The van der Waals surface area contributed by atoms with Crippen LogP contribution < -0.4 is 4.90 Å². The van der Waals surface area contributed by atoms with E-state index in [1.54, 1.807) is 4.90 Å². The van der Waals surface area contributed by atoms with Gasteiger partial charge in [0.05, 0.1) is 18.1 Å². The minimum atomic E-state index is -0.608. The molecule has 2 heterocycles. The van der Waals surface area contributed by atoms with Gasteiger partial charge in [-0.1, -0.05) is 11.6 Å². The van der Waals surface area contributed by atoms with Gasteiger partial charge in [0.2, 0.25) is 16.3 Å². The van der Waals surface area contributed by atoms with E-state index in [-0.39, 0.29) is 21.9 Å². The Balaban J connectivity index is 2.46. The molecule has 1 aliphatic rings. The van der Waals surface area contributed by atoms with Crippen molar-refractivity contribution in [3.8, 4) is 0 Å². The highest BCUT2D eigenvalue weighted by Gasteiger charge is 2.28. The van der Waals surface area contributed by atoms with Crippen LogP contribution in [0.4, 0.5) is 11.5 Å². The van der Waals surface area contributed by atoms with Crippen LogP contribution >= 0.6 is 23.2 Å². The molecule has 0 aromatic carbocycles. The normalized spacial score (nSPS) is 16.0. The molecule has 9 heteroatoms. The first-order valence-electron chi connectivity index (χ1n) is 4.79. The Morgan fingerprint density at radius 3 is 2.53 bits per heavy atom. The molecule has 0 radical (unpaired) electrons. The second-order valence-corrected chi connectivity index (χ2v) is 4.01.